The Balaban J connectivity index is 1.29. The maximum absolute atomic E-state index is 14.9. The summed E-state index contributed by atoms with van der Waals surface area (Å²) in [6, 6.07) is 6.31. The third-order valence-corrected chi connectivity index (χ3v) is 9.36. The Bertz CT molecular complexity index is 1550. The zero-order valence-corrected chi connectivity index (χ0v) is 23.8. The molecule has 2 N–H and O–H groups in total. The zero-order chi connectivity index (χ0) is 29.0. The molecule has 222 valence electrons. The highest BCUT2D eigenvalue weighted by Crippen LogP contribution is 2.42. The number of aromatic nitrogens is 2. The molecule has 0 saturated carbocycles. The highest BCUT2D eigenvalue weighted by Gasteiger charge is 2.49. The number of nitrogens with one attached hydrogen (secondary N) is 1. The van der Waals surface area contributed by atoms with Gasteiger partial charge in [-0.05, 0) is 61.9 Å². The largest absolute Gasteiger partial charge is 0.508 e. The van der Waals surface area contributed by atoms with Gasteiger partial charge in [-0.15, -0.1) is 0 Å². The predicted octanol–water partition coefficient (Wildman–Crippen LogP) is 3.95. The molecule has 3 fully saturated rings. The van der Waals surface area contributed by atoms with E-state index in [1.54, 1.807) is 17.0 Å². The number of anilines is 2. The molecule has 2 unspecified atom stereocenters. The molecular weight excluding hydrogens is 542 g/mol. The number of aromatic hydroxyl groups is 1. The summed E-state index contributed by atoms with van der Waals surface area (Å²) in [5.74, 6) is -0.129. The Hall–Kier alpha value is -3.57. The average molecular weight is 579 g/mol. The van der Waals surface area contributed by atoms with Gasteiger partial charge in [0.05, 0.1) is 23.5 Å². The lowest BCUT2D eigenvalue weighted by molar-refractivity contribution is 0.0996. The van der Waals surface area contributed by atoms with Gasteiger partial charge in [0.2, 0.25) is 0 Å². The second-order valence-electron chi connectivity index (χ2n) is 11.9. The van der Waals surface area contributed by atoms with Crippen molar-refractivity contribution in [2.75, 3.05) is 55.7 Å². The first-order valence-corrected chi connectivity index (χ1v) is 15.0. The Morgan fingerprint density at radius 3 is 2.90 bits per heavy atom. The van der Waals surface area contributed by atoms with Crippen LogP contribution in [0.5, 0.6) is 11.8 Å². The van der Waals surface area contributed by atoms with Crippen LogP contribution in [0.2, 0.25) is 0 Å². The van der Waals surface area contributed by atoms with Crippen molar-refractivity contribution in [3.63, 3.8) is 0 Å². The molecule has 0 aliphatic carbocycles. The van der Waals surface area contributed by atoms with Crippen LogP contribution in [0.1, 0.15) is 54.2 Å². The van der Waals surface area contributed by atoms with Gasteiger partial charge in [0.1, 0.15) is 35.7 Å². The molecule has 1 aromatic heterocycles. The molecule has 11 heteroatoms. The van der Waals surface area contributed by atoms with Crippen LogP contribution in [-0.2, 0) is 13.0 Å². The topological polar surface area (TPSA) is 94.1 Å². The minimum Gasteiger partial charge on any atom is -0.508 e. The number of rotatable bonds is 6. The van der Waals surface area contributed by atoms with Gasteiger partial charge in [0, 0.05) is 44.1 Å². The molecule has 3 aromatic rings. The number of fused-ring (bicyclic) bond motifs is 3. The number of alkyl halides is 1. The molecule has 2 atom stereocenters. The van der Waals surface area contributed by atoms with Crippen LogP contribution < -0.4 is 19.9 Å². The van der Waals surface area contributed by atoms with Gasteiger partial charge in [-0.2, -0.15) is 9.97 Å². The summed E-state index contributed by atoms with van der Waals surface area (Å²) in [6.45, 7) is 6.59. The van der Waals surface area contributed by atoms with E-state index in [4.69, 9.17) is 14.7 Å². The summed E-state index contributed by atoms with van der Waals surface area (Å²) < 4.78 is 35.6. The molecule has 4 aliphatic heterocycles. The van der Waals surface area contributed by atoms with Crippen LogP contribution in [-0.4, -0.2) is 83.5 Å². The first-order chi connectivity index (χ1) is 20.4. The summed E-state index contributed by atoms with van der Waals surface area (Å²) in [7, 11) is 0. The predicted molar refractivity (Wildman–Crippen MR) is 156 cm³/mol. The number of ether oxygens (including phenoxy) is 1. The molecule has 4 aliphatic rings. The quantitative estimate of drug-likeness (QED) is 0.454. The second kappa shape index (κ2) is 10.6. The summed E-state index contributed by atoms with van der Waals surface area (Å²) >= 11 is 0. The molecule has 7 rings (SSSR count). The molecular formula is C31H36F2N6O3. The summed E-state index contributed by atoms with van der Waals surface area (Å²) in [4.78, 5) is 29.6. The number of nitrogens with zero attached hydrogens (tertiary/aromatic N) is 5. The maximum Gasteiger partial charge on any atom is 0.318 e. The van der Waals surface area contributed by atoms with E-state index in [1.807, 2.05) is 6.92 Å². The molecule has 1 amide bonds. The molecule has 5 heterocycles. The lowest BCUT2D eigenvalue weighted by Crippen LogP contribution is -2.43. The Morgan fingerprint density at radius 2 is 2.05 bits per heavy atom. The van der Waals surface area contributed by atoms with Crippen molar-refractivity contribution in [1.82, 2.24) is 20.2 Å². The van der Waals surface area contributed by atoms with E-state index in [0.717, 1.165) is 38.9 Å². The number of hydrogen-bond donors (Lipinski definition) is 2. The minimum atomic E-state index is -0.865. The summed E-state index contributed by atoms with van der Waals surface area (Å²) in [5.41, 5.74) is 1.51. The summed E-state index contributed by atoms with van der Waals surface area (Å²) in [6.07, 6.45) is 2.77. The highest BCUT2D eigenvalue weighted by molar-refractivity contribution is 6.16. The lowest BCUT2D eigenvalue weighted by atomic mass is 9.95. The third kappa shape index (κ3) is 4.53. The maximum atomic E-state index is 14.9. The lowest BCUT2D eigenvalue weighted by Gasteiger charge is -2.31. The van der Waals surface area contributed by atoms with Gasteiger partial charge < -0.3 is 25.0 Å². The van der Waals surface area contributed by atoms with Crippen molar-refractivity contribution in [1.29, 1.82) is 0 Å². The van der Waals surface area contributed by atoms with E-state index in [0.29, 0.717) is 78.2 Å². The van der Waals surface area contributed by atoms with Crippen LogP contribution in [0, 0.1) is 5.82 Å². The number of amides is 1. The van der Waals surface area contributed by atoms with Crippen LogP contribution in [0.15, 0.2) is 24.3 Å². The fourth-order valence-corrected chi connectivity index (χ4v) is 7.39. The SMILES string of the molecule is CCc1c(F)ccc2cc(O)cc(N3Cc4nc(OCC56CCCN5CC(F)C6)nc(N5CCCNCC5)c4C3=O)c12. The monoisotopic (exact) mass is 578 g/mol. The van der Waals surface area contributed by atoms with Crippen molar-refractivity contribution in [2.24, 2.45) is 0 Å². The molecule has 42 heavy (non-hydrogen) atoms. The van der Waals surface area contributed by atoms with Crippen molar-refractivity contribution < 1.29 is 23.4 Å². The van der Waals surface area contributed by atoms with E-state index in [2.05, 4.69) is 15.1 Å². The van der Waals surface area contributed by atoms with Gasteiger partial charge in [-0.1, -0.05) is 13.0 Å². The molecule has 3 saturated heterocycles. The second-order valence-corrected chi connectivity index (χ2v) is 11.9. The van der Waals surface area contributed by atoms with E-state index < -0.39 is 6.17 Å². The van der Waals surface area contributed by atoms with Crippen molar-refractivity contribution >= 4 is 28.2 Å². The van der Waals surface area contributed by atoms with Gasteiger partial charge in [0.25, 0.3) is 5.91 Å². The standard InChI is InChI=1S/C31H36F2N6O3/c1-2-22-23(33)6-5-19-13-21(40)14-25(26(19)22)39-17-24-27(29(39)41)28(37-10-4-8-34-9-12-37)36-30(35-24)42-18-31-7-3-11-38(31)16-20(32)15-31/h5-6,13-14,20,34,40H,2-4,7-12,15-18H2,1H3. The number of phenolic OH excluding ortho intramolecular Hbond substituents is 1. The fourth-order valence-electron chi connectivity index (χ4n) is 7.39. The number of halogens is 2. The third-order valence-electron chi connectivity index (χ3n) is 9.36. The number of carbonyl (C=O) groups is 1. The van der Waals surface area contributed by atoms with E-state index >= 15 is 0 Å². The first kappa shape index (κ1) is 27.3. The van der Waals surface area contributed by atoms with Crippen molar-refractivity contribution in [2.45, 2.75) is 57.3 Å². The van der Waals surface area contributed by atoms with Gasteiger partial charge in [-0.25, -0.2) is 8.78 Å². The van der Waals surface area contributed by atoms with E-state index in [-0.39, 0.29) is 35.6 Å². The van der Waals surface area contributed by atoms with Crippen LogP contribution in [0.3, 0.4) is 0 Å². The van der Waals surface area contributed by atoms with Gasteiger partial charge >= 0.3 is 6.01 Å². The zero-order valence-electron chi connectivity index (χ0n) is 23.8. The van der Waals surface area contributed by atoms with Crippen LogP contribution in [0.4, 0.5) is 20.3 Å². The van der Waals surface area contributed by atoms with E-state index in [9.17, 15) is 18.7 Å². The number of hydrogen-bond acceptors (Lipinski definition) is 8. The first-order valence-electron chi connectivity index (χ1n) is 15.0. The van der Waals surface area contributed by atoms with Crippen molar-refractivity contribution in [3.8, 4) is 11.8 Å². The molecule has 2 aromatic carbocycles. The van der Waals surface area contributed by atoms with Gasteiger partial charge in [-0.3, -0.25) is 9.69 Å². The smallest absolute Gasteiger partial charge is 0.318 e. The Morgan fingerprint density at radius 1 is 1.17 bits per heavy atom. The Kier molecular flexibility index (Phi) is 6.89. The van der Waals surface area contributed by atoms with Gasteiger partial charge in [0.15, 0.2) is 0 Å². The molecule has 0 spiro atoms. The minimum absolute atomic E-state index is 0.00746. The van der Waals surface area contributed by atoms with Crippen LogP contribution in [0.25, 0.3) is 10.8 Å². The summed E-state index contributed by atoms with van der Waals surface area (Å²) in [5, 5.41) is 15.2. The highest BCUT2D eigenvalue weighted by atomic mass is 19.1. The Labute approximate surface area is 243 Å². The van der Waals surface area contributed by atoms with E-state index in [1.165, 1.54) is 12.1 Å². The molecule has 9 nitrogen and oxygen atoms in total. The average Bonchev–Trinajstić information content (AvgIpc) is 3.51. The van der Waals surface area contributed by atoms with Crippen molar-refractivity contribution in [3.05, 3.63) is 46.9 Å². The normalized spacial score (nSPS) is 24.4. The number of carbonyl (C=O) groups excluding carboxylic acids is 1. The molecule has 0 bridgehead atoms. The number of aryl methyl sites for hydroxylation is 1. The number of phenols is 1. The molecule has 0 radical (unpaired) electrons. The number of benzene rings is 2. The van der Waals surface area contributed by atoms with Crippen LogP contribution >= 0.6 is 0 Å². The fraction of sp³-hybridized carbons (Fsp3) is 0.516.